The van der Waals surface area contributed by atoms with Gasteiger partial charge in [-0.15, -0.1) is 0 Å². The first kappa shape index (κ1) is 27.8. The summed E-state index contributed by atoms with van der Waals surface area (Å²) in [4.78, 5) is 51.3. The van der Waals surface area contributed by atoms with E-state index in [0.717, 1.165) is 27.7 Å². The molecule has 1 fully saturated rings. The number of pyridine rings is 1. The molecule has 234 valence electrons. The number of hydrogen-bond donors (Lipinski definition) is 1. The summed E-state index contributed by atoms with van der Waals surface area (Å²) in [6, 6.07) is 1.45. The average molecular weight is 648 g/mol. The van der Waals surface area contributed by atoms with Crippen LogP contribution in [0, 0.1) is 0 Å². The highest BCUT2D eigenvalue weighted by Gasteiger charge is 2.52. The van der Waals surface area contributed by atoms with Crippen molar-refractivity contribution in [3.8, 4) is 0 Å². The molecule has 0 amide bonds. The molecule has 1 aliphatic rings. The molecule has 0 saturated carbocycles. The van der Waals surface area contributed by atoms with Crippen LogP contribution in [0.25, 0.3) is 0 Å². The second-order valence-corrected chi connectivity index (χ2v) is 10.2. The van der Waals surface area contributed by atoms with Crippen molar-refractivity contribution in [2.45, 2.75) is 57.5 Å². The number of oxime groups is 1. The van der Waals surface area contributed by atoms with E-state index in [1.165, 1.54) is 0 Å². The van der Waals surface area contributed by atoms with Crippen molar-refractivity contribution in [3.63, 3.8) is 0 Å². The molecule has 17 heteroatoms. The predicted molar refractivity (Wildman–Crippen MR) is 149 cm³/mol. The van der Waals surface area contributed by atoms with E-state index in [1.54, 1.807) is 12.4 Å². The third kappa shape index (κ3) is 13.2. The standard InChI is InChI=1S/C21H25NO13S2.C5H5N/c1-11(23)30-10-16-17(31-12(2)24)18(32-13(3)25)19(33-14(4)26)21(34-16)36-20(22-35-37(27,28)29)15-8-6-5-7-9-15;1-2-4-6-5-3-1/h5-9,16-19,21H,10H2,1-4H3,(H,27,28,29);1-5H/b22-20+;/t16-,17-,18+,19-,21+;/m1./s1/i5D,6D,7D,8D,9D;. The Hall–Kier alpha value is -4.06. The molecular formula is C26H30N2O13S2. The predicted octanol–water partition coefficient (Wildman–Crippen LogP) is 2.07. The summed E-state index contributed by atoms with van der Waals surface area (Å²) in [5.41, 5.74) is -2.38. The number of carbonyl (C=O) groups is 4. The highest BCUT2D eigenvalue weighted by Crippen LogP contribution is 2.36. The lowest BCUT2D eigenvalue weighted by Gasteiger charge is -2.44. The van der Waals surface area contributed by atoms with E-state index in [2.05, 4.69) is 14.4 Å². The Morgan fingerprint density at radius 3 is 1.93 bits per heavy atom. The number of hydrogen-bond acceptors (Lipinski definition) is 15. The van der Waals surface area contributed by atoms with Crippen molar-refractivity contribution in [2.75, 3.05) is 6.61 Å². The van der Waals surface area contributed by atoms with Crippen LogP contribution in [0.15, 0.2) is 66.0 Å². The van der Waals surface area contributed by atoms with Gasteiger partial charge in [-0.25, -0.2) is 4.28 Å². The number of aromatic nitrogens is 1. The molecule has 2 heterocycles. The Kier molecular flexibility index (Phi) is 11.1. The lowest BCUT2D eigenvalue weighted by atomic mass is 9.99. The number of rotatable bonds is 9. The van der Waals surface area contributed by atoms with Gasteiger partial charge < -0.3 is 23.7 Å². The van der Waals surface area contributed by atoms with Gasteiger partial charge in [0, 0.05) is 45.7 Å². The Balaban J connectivity index is 0.00000119. The minimum absolute atomic E-state index is 0.261. The summed E-state index contributed by atoms with van der Waals surface area (Å²) in [6.45, 7) is 3.39. The highest BCUT2D eigenvalue weighted by molar-refractivity contribution is 8.14. The molecule has 1 aromatic carbocycles. The summed E-state index contributed by atoms with van der Waals surface area (Å²) in [5, 5.41) is 2.43. The summed E-state index contributed by atoms with van der Waals surface area (Å²) < 4.78 is 103. The van der Waals surface area contributed by atoms with Gasteiger partial charge in [-0.05, 0) is 12.1 Å². The fraction of sp³-hybridized carbons (Fsp3) is 0.385. The van der Waals surface area contributed by atoms with Crippen molar-refractivity contribution in [1.29, 1.82) is 0 Å². The van der Waals surface area contributed by atoms with Crippen LogP contribution < -0.4 is 0 Å². The SMILES string of the molecule is [2H]c1c([2H])c([2H])c(/C(=N\OS(=O)(=O)O)S[C@@H]2O[C@H](COC(C)=O)[C@@H](OC(C)=O)[C@H](OC(C)=O)[C@H]2OC(C)=O)c([2H])c1[2H].c1ccncc1. The zero-order valence-electron chi connectivity index (χ0n) is 28.0. The Bertz CT molecular complexity index is 1580. The molecule has 0 aliphatic carbocycles. The van der Waals surface area contributed by atoms with Crippen molar-refractivity contribution in [1.82, 2.24) is 4.98 Å². The van der Waals surface area contributed by atoms with Crippen LogP contribution in [0.2, 0.25) is 0 Å². The van der Waals surface area contributed by atoms with Crippen LogP contribution in [0.4, 0.5) is 0 Å². The van der Waals surface area contributed by atoms with Gasteiger partial charge in [0.1, 0.15) is 17.8 Å². The molecule has 1 aliphatic heterocycles. The molecule has 3 rings (SSSR count). The topological polar surface area (TPSA) is 203 Å². The second-order valence-electron chi connectivity index (χ2n) is 8.11. The minimum Gasteiger partial charge on any atom is -0.463 e. The summed E-state index contributed by atoms with van der Waals surface area (Å²) in [5.74, 6) is -3.61. The number of nitrogens with zero attached hydrogens (tertiary/aromatic N) is 2. The normalized spacial score (nSPS) is 23.3. The van der Waals surface area contributed by atoms with Crippen LogP contribution in [0.3, 0.4) is 0 Å². The third-order valence-corrected chi connectivity index (χ3v) is 6.05. The second kappa shape index (κ2) is 17.2. The van der Waals surface area contributed by atoms with Gasteiger partial charge >= 0.3 is 34.3 Å². The Morgan fingerprint density at radius 2 is 1.47 bits per heavy atom. The molecule has 1 aromatic heterocycles. The van der Waals surface area contributed by atoms with Crippen molar-refractivity contribution in [2.24, 2.45) is 5.16 Å². The molecule has 15 nitrogen and oxygen atoms in total. The maximum atomic E-state index is 12.1. The van der Waals surface area contributed by atoms with Gasteiger partial charge in [0.2, 0.25) is 0 Å². The molecule has 1 N–H and O–H groups in total. The monoisotopic (exact) mass is 647 g/mol. The van der Waals surface area contributed by atoms with E-state index in [1.807, 2.05) is 18.2 Å². The van der Waals surface area contributed by atoms with Crippen LogP contribution in [-0.4, -0.2) is 83.3 Å². The molecule has 0 bridgehead atoms. The van der Waals surface area contributed by atoms with E-state index < -0.39 is 112 Å². The third-order valence-electron chi connectivity index (χ3n) is 4.67. The van der Waals surface area contributed by atoms with Gasteiger partial charge in [0.15, 0.2) is 23.7 Å². The Morgan fingerprint density at radius 1 is 0.907 bits per heavy atom. The number of ether oxygens (including phenoxy) is 5. The zero-order valence-corrected chi connectivity index (χ0v) is 24.7. The highest BCUT2D eigenvalue weighted by atomic mass is 32.3. The molecule has 0 radical (unpaired) electrons. The van der Waals surface area contributed by atoms with Gasteiger partial charge in [0.25, 0.3) is 0 Å². The quantitative estimate of drug-likeness (QED) is 0.103. The van der Waals surface area contributed by atoms with Crippen LogP contribution in [0.5, 0.6) is 0 Å². The summed E-state index contributed by atoms with van der Waals surface area (Å²) in [6.07, 6.45) is -2.82. The molecule has 5 atom stereocenters. The Labute approximate surface area is 258 Å². The van der Waals surface area contributed by atoms with E-state index in [9.17, 15) is 27.6 Å². The van der Waals surface area contributed by atoms with E-state index in [4.69, 9.17) is 35.1 Å². The largest absolute Gasteiger partial charge is 0.466 e. The zero-order chi connectivity index (χ0) is 36.3. The molecule has 1 saturated heterocycles. The summed E-state index contributed by atoms with van der Waals surface area (Å²) >= 11 is 0.261. The first-order valence-corrected chi connectivity index (χ1v) is 14.2. The fourth-order valence-corrected chi connectivity index (χ4v) is 4.55. The lowest BCUT2D eigenvalue weighted by Crippen LogP contribution is -2.61. The van der Waals surface area contributed by atoms with Crippen LogP contribution >= 0.6 is 11.8 Å². The van der Waals surface area contributed by atoms with Crippen LogP contribution in [0.1, 0.15) is 40.1 Å². The number of benzene rings is 1. The lowest BCUT2D eigenvalue weighted by molar-refractivity contribution is -0.237. The van der Waals surface area contributed by atoms with Gasteiger partial charge in [-0.2, -0.15) is 8.42 Å². The van der Waals surface area contributed by atoms with Crippen LogP contribution in [-0.2, 0) is 57.5 Å². The van der Waals surface area contributed by atoms with E-state index in [0.29, 0.717) is 0 Å². The van der Waals surface area contributed by atoms with Gasteiger partial charge in [-0.1, -0.05) is 53.2 Å². The first-order chi connectivity index (χ1) is 22.3. The van der Waals surface area contributed by atoms with Gasteiger partial charge in [0.05, 0.1) is 6.85 Å². The molecule has 2 aromatic rings. The van der Waals surface area contributed by atoms with E-state index >= 15 is 0 Å². The summed E-state index contributed by atoms with van der Waals surface area (Å²) in [7, 11) is -5.30. The average Bonchev–Trinajstić information content (AvgIpc) is 2.99. The number of thioether (sulfide) groups is 1. The van der Waals surface area contributed by atoms with Crippen molar-refractivity contribution < 1.29 is 67.0 Å². The molecule has 0 unspecified atom stereocenters. The molecule has 0 spiro atoms. The maximum Gasteiger partial charge on any atom is 0.466 e. The number of carbonyl (C=O) groups excluding carboxylic acids is 4. The molecule has 43 heavy (non-hydrogen) atoms. The van der Waals surface area contributed by atoms with Gasteiger partial charge in [-0.3, -0.25) is 28.7 Å². The smallest absolute Gasteiger partial charge is 0.463 e. The maximum absolute atomic E-state index is 12.1. The minimum atomic E-state index is -5.30. The van der Waals surface area contributed by atoms with E-state index in [-0.39, 0.29) is 11.8 Å². The van der Waals surface area contributed by atoms with Crippen molar-refractivity contribution >= 4 is 51.1 Å². The fourth-order valence-electron chi connectivity index (χ4n) is 3.27. The first-order valence-electron chi connectivity index (χ1n) is 14.5. The van der Waals surface area contributed by atoms with Crippen molar-refractivity contribution in [3.05, 3.63) is 66.4 Å². The number of esters is 4. The molecular weight excluding hydrogens is 612 g/mol.